The number of ether oxygens (including phenoxy) is 2. The maximum absolute atomic E-state index is 12.6. The van der Waals surface area contributed by atoms with Crippen LogP contribution in [0, 0.1) is 0 Å². The molecule has 1 saturated carbocycles. The number of anilines is 1. The van der Waals surface area contributed by atoms with E-state index in [1.54, 1.807) is 20.5 Å². The fraction of sp³-hybridized carbons (Fsp3) is 0.381. The molecule has 0 saturated heterocycles. The Morgan fingerprint density at radius 1 is 1.25 bits per heavy atom. The number of nitrogens with zero attached hydrogens (tertiary/aromatic N) is 4. The molecule has 3 heterocycles. The van der Waals surface area contributed by atoms with Gasteiger partial charge in [0.2, 0.25) is 0 Å². The molecule has 2 aromatic heterocycles. The number of rotatable bonds is 5. The molecule has 1 amide bonds. The monoisotopic (exact) mass is 440 g/mol. The van der Waals surface area contributed by atoms with Crippen molar-refractivity contribution in [2.24, 2.45) is 0 Å². The highest BCUT2D eigenvalue weighted by Gasteiger charge is 2.30. The molecule has 1 aromatic carbocycles. The predicted octanol–water partition coefficient (Wildman–Crippen LogP) is 1.53. The zero-order valence-electron chi connectivity index (χ0n) is 17.8. The predicted molar refractivity (Wildman–Crippen MR) is 115 cm³/mol. The van der Waals surface area contributed by atoms with Crippen LogP contribution in [0.1, 0.15) is 34.6 Å². The summed E-state index contributed by atoms with van der Waals surface area (Å²) in [6, 6.07) is 4.04. The van der Waals surface area contributed by atoms with Gasteiger partial charge < -0.3 is 24.8 Å². The minimum Gasteiger partial charge on any atom is -0.493 e. The standard InChI is InChI=1S/C20H22N6O3.CH2O2/c1-28-16-7-12-15(8-17(16)29-2)21-10-22-19(12)26-6-5-14-13(9-26)18(25-24-14)20(27)23-11-3-4-11;2-1-3/h7-8,10-11H,3-6,9H2,1-2H3,(H,23,27)(H,24,25);1H,(H,2,3). The first-order chi connectivity index (χ1) is 15.6. The van der Waals surface area contributed by atoms with Crippen molar-refractivity contribution in [3.8, 4) is 11.5 Å². The summed E-state index contributed by atoms with van der Waals surface area (Å²) in [6.45, 7) is 1.07. The van der Waals surface area contributed by atoms with Gasteiger partial charge in [-0.3, -0.25) is 14.7 Å². The molecular formula is C21H24N6O5. The van der Waals surface area contributed by atoms with Crippen LogP contribution >= 0.6 is 0 Å². The van der Waals surface area contributed by atoms with Gasteiger partial charge in [0, 0.05) is 48.3 Å². The summed E-state index contributed by atoms with van der Waals surface area (Å²) in [5.74, 6) is 1.95. The largest absolute Gasteiger partial charge is 0.493 e. The molecular weight excluding hydrogens is 416 g/mol. The third-order valence-electron chi connectivity index (χ3n) is 5.48. The molecule has 11 heteroatoms. The molecule has 0 radical (unpaired) electrons. The van der Waals surface area contributed by atoms with E-state index in [1.807, 2.05) is 12.1 Å². The molecule has 0 atom stereocenters. The summed E-state index contributed by atoms with van der Waals surface area (Å²) in [4.78, 5) is 32.0. The molecule has 5 rings (SSSR count). The van der Waals surface area contributed by atoms with Crippen LogP contribution < -0.4 is 19.7 Å². The Morgan fingerprint density at radius 2 is 1.97 bits per heavy atom. The fourth-order valence-corrected chi connectivity index (χ4v) is 3.77. The maximum atomic E-state index is 12.6. The van der Waals surface area contributed by atoms with Gasteiger partial charge in [0.15, 0.2) is 17.2 Å². The van der Waals surface area contributed by atoms with Crippen LogP contribution in [0.3, 0.4) is 0 Å². The quantitative estimate of drug-likeness (QED) is 0.503. The number of fused-ring (bicyclic) bond motifs is 2. The Kier molecular flexibility index (Phi) is 6.06. The molecule has 0 unspecified atom stereocenters. The van der Waals surface area contributed by atoms with Crippen LogP contribution in [0.4, 0.5) is 5.82 Å². The van der Waals surface area contributed by atoms with Crippen molar-refractivity contribution >= 4 is 29.1 Å². The highest BCUT2D eigenvalue weighted by atomic mass is 16.5. The number of aromatic amines is 1. The first-order valence-corrected chi connectivity index (χ1v) is 10.2. The Hall–Kier alpha value is -3.89. The lowest BCUT2D eigenvalue weighted by atomic mass is 10.0. The first-order valence-electron chi connectivity index (χ1n) is 10.2. The van der Waals surface area contributed by atoms with E-state index in [-0.39, 0.29) is 12.4 Å². The molecule has 1 fully saturated rings. The number of carbonyl (C=O) groups is 2. The minimum absolute atomic E-state index is 0.106. The zero-order valence-corrected chi connectivity index (χ0v) is 17.8. The van der Waals surface area contributed by atoms with E-state index in [2.05, 4.69) is 30.4 Å². The molecule has 0 bridgehead atoms. The fourth-order valence-electron chi connectivity index (χ4n) is 3.77. The third kappa shape index (κ3) is 4.13. The maximum Gasteiger partial charge on any atom is 0.290 e. The molecule has 3 N–H and O–H groups in total. The van der Waals surface area contributed by atoms with Crippen LogP contribution in [0.15, 0.2) is 18.5 Å². The van der Waals surface area contributed by atoms with Crippen LogP contribution in [-0.4, -0.2) is 64.5 Å². The summed E-state index contributed by atoms with van der Waals surface area (Å²) in [5.41, 5.74) is 3.20. The Morgan fingerprint density at radius 3 is 2.66 bits per heavy atom. The van der Waals surface area contributed by atoms with Crippen LogP contribution in [0.25, 0.3) is 10.9 Å². The average Bonchev–Trinajstić information content (AvgIpc) is 3.52. The average molecular weight is 440 g/mol. The number of nitrogens with one attached hydrogen (secondary N) is 2. The van der Waals surface area contributed by atoms with E-state index >= 15 is 0 Å². The molecule has 0 spiro atoms. The smallest absolute Gasteiger partial charge is 0.290 e. The number of aromatic nitrogens is 4. The van der Waals surface area contributed by atoms with Gasteiger partial charge in [-0.05, 0) is 18.9 Å². The highest BCUT2D eigenvalue weighted by Crippen LogP contribution is 2.36. The van der Waals surface area contributed by atoms with E-state index in [9.17, 15) is 4.79 Å². The van der Waals surface area contributed by atoms with Crippen LogP contribution in [0.5, 0.6) is 11.5 Å². The van der Waals surface area contributed by atoms with Crippen molar-refractivity contribution < 1.29 is 24.2 Å². The summed E-state index contributed by atoms with van der Waals surface area (Å²) in [7, 11) is 3.21. The number of hydrogen-bond acceptors (Lipinski definition) is 8. The van der Waals surface area contributed by atoms with Gasteiger partial charge in [0.05, 0.1) is 19.7 Å². The lowest BCUT2D eigenvalue weighted by molar-refractivity contribution is -0.122. The van der Waals surface area contributed by atoms with Gasteiger partial charge in [-0.15, -0.1) is 0 Å². The second kappa shape index (κ2) is 9.08. The topological polar surface area (TPSA) is 143 Å². The first kappa shape index (κ1) is 21.3. The van der Waals surface area contributed by atoms with E-state index in [0.29, 0.717) is 29.8 Å². The number of methoxy groups -OCH3 is 2. The summed E-state index contributed by atoms with van der Waals surface area (Å²) in [5, 5.41) is 18.1. The Labute approximate surface area is 183 Å². The molecule has 32 heavy (non-hydrogen) atoms. The van der Waals surface area contributed by atoms with Crippen molar-refractivity contribution in [1.82, 2.24) is 25.5 Å². The SMILES string of the molecule is COc1cc2ncnc(N3CCc4[nH]nc(C(=O)NC5CC5)c4C3)c2cc1OC.O=CO. The number of hydrogen-bond donors (Lipinski definition) is 3. The third-order valence-corrected chi connectivity index (χ3v) is 5.48. The van der Waals surface area contributed by atoms with Crippen LogP contribution in [0.2, 0.25) is 0 Å². The Balaban J connectivity index is 0.000000775. The van der Waals surface area contributed by atoms with Gasteiger partial charge >= 0.3 is 0 Å². The minimum atomic E-state index is -0.250. The lowest BCUT2D eigenvalue weighted by Gasteiger charge is -2.29. The van der Waals surface area contributed by atoms with Crippen molar-refractivity contribution in [1.29, 1.82) is 0 Å². The van der Waals surface area contributed by atoms with Crippen molar-refractivity contribution in [3.63, 3.8) is 0 Å². The van der Waals surface area contributed by atoms with Crippen molar-refractivity contribution in [2.75, 3.05) is 25.7 Å². The van der Waals surface area contributed by atoms with E-state index in [1.165, 1.54) is 0 Å². The number of benzene rings is 1. The highest BCUT2D eigenvalue weighted by molar-refractivity contribution is 5.95. The van der Waals surface area contributed by atoms with Gasteiger partial charge in [-0.2, -0.15) is 5.10 Å². The van der Waals surface area contributed by atoms with Crippen molar-refractivity contribution in [3.05, 3.63) is 35.4 Å². The molecule has 3 aromatic rings. The molecule has 11 nitrogen and oxygen atoms in total. The summed E-state index contributed by atoms with van der Waals surface area (Å²) < 4.78 is 10.8. The van der Waals surface area contributed by atoms with E-state index in [4.69, 9.17) is 19.4 Å². The van der Waals surface area contributed by atoms with Gasteiger partial charge in [0.1, 0.15) is 12.1 Å². The molecule has 2 aliphatic rings. The lowest BCUT2D eigenvalue weighted by Crippen LogP contribution is -2.33. The number of amides is 1. The summed E-state index contributed by atoms with van der Waals surface area (Å²) in [6.07, 6.45) is 4.40. The van der Waals surface area contributed by atoms with Gasteiger partial charge in [-0.1, -0.05) is 0 Å². The normalized spacial score (nSPS) is 14.8. The van der Waals surface area contributed by atoms with Gasteiger partial charge in [0.25, 0.3) is 12.4 Å². The van der Waals surface area contributed by atoms with E-state index < -0.39 is 0 Å². The molecule has 1 aliphatic heterocycles. The number of carbonyl (C=O) groups excluding carboxylic acids is 1. The number of carboxylic acid groups (broad SMARTS) is 1. The summed E-state index contributed by atoms with van der Waals surface area (Å²) >= 11 is 0. The zero-order chi connectivity index (χ0) is 22.7. The Bertz CT molecular complexity index is 1140. The van der Waals surface area contributed by atoms with Crippen molar-refractivity contribution in [2.45, 2.75) is 31.8 Å². The van der Waals surface area contributed by atoms with E-state index in [0.717, 1.165) is 53.8 Å². The second-order valence-electron chi connectivity index (χ2n) is 7.48. The molecule has 1 aliphatic carbocycles. The van der Waals surface area contributed by atoms with Crippen LogP contribution in [-0.2, 0) is 17.8 Å². The van der Waals surface area contributed by atoms with Gasteiger partial charge in [-0.25, -0.2) is 9.97 Å². The second-order valence-corrected chi connectivity index (χ2v) is 7.48. The molecule has 168 valence electrons. The number of H-pyrrole nitrogens is 1.